The minimum Gasteiger partial charge on any atom is -0.309 e. The van der Waals surface area contributed by atoms with Crippen molar-refractivity contribution in [3.05, 3.63) is 187 Å². The number of anilines is 3. The topological polar surface area (TPSA) is 3.24 Å². The van der Waals surface area contributed by atoms with Gasteiger partial charge in [-0.15, -0.1) is 0 Å². The summed E-state index contributed by atoms with van der Waals surface area (Å²) in [5.41, 5.74) is 11.2. The highest BCUT2D eigenvalue weighted by Crippen LogP contribution is 2.56. The first-order valence-electron chi connectivity index (χ1n) is 17.5. The highest BCUT2D eigenvalue weighted by atomic mass is 15.1. The molecule has 0 saturated carbocycles. The number of benzene rings is 9. The molecule has 0 radical (unpaired) electrons. The van der Waals surface area contributed by atoms with Crippen LogP contribution in [0.25, 0.3) is 65.3 Å². The summed E-state index contributed by atoms with van der Waals surface area (Å²) >= 11 is 0. The molecule has 1 nitrogen and oxygen atoms in total. The Labute approximate surface area is 292 Å². The standard InChI is InChI=1S/C49H35N/c1-49(2)43-23-12-24-45(48(43)42-30-36-17-5-6-18-37(36)31-44(42)49)50(38-27-25-32-13-3-4-16-35(32)29-38)46-28-26-34-15-8-10-21-40(34)47(46)41-22-11-19-33-14-7-9-20-39(33)41/h3-31H,1-2H3. The lowest BCUT2D eigenvalue weighted by atomic mass is 9.82. The van der Waals surface area contributed by atoms with Gasteiger partial charge in [-0.1, -0.05) is 153 Å². The average molecular weight is 638 g/mol. The van der Waals surface area contributed by atoms with Crippen LogP contribution >= 0.6 is 0 Å². The maximum atomic E-state index is 2.54. The normalized spacial score (nSPS) is 13.2. The van der Waals surface area contributed by atoms with Gasteiger partial charge in [0, 0.05) is 22.2 Å². The van der Waals surface area contributed by atoms with Crippen molar-refractivity contribution in [1.82, 2.24) is 0 Å². The van der Waals surface area contributed by atoms with E-state index in [9.17, 15) is 0 Å². The van der Waals surface area contributed by atoms with Crippen LogP contribution in [0.4, 0.5) is 17.1 Å². The highest BCUT2D eigenvalue weighted by molar-refractivity contribution is 6.12. The molecule has 1 heteroatoms. The van der Waals surface area contributed by atoms with Crippen molar-refractivity contribution in [3.63, 3.8) is 0 Å². The second-order valence-corrected chi connectivity index (χ2v) is 14.1. The molecule has 0 atom stereocenters. The maximum Gasteiger partial charge on any atom is 0.0546 e. The van der Waals surface area contributed by atoms with E-state index >= 15 is 0 Å². The number of hydrogen-bond acceptors (Lipinski definition) is 1. The molecule has 0 saturated heterocycles. The Kier molecular flexibility index (Phi) is 6.29. The lowest BCUT2D eigenvalue weighted by Crippen LogP contribution is -2.16. The Bertz CT molecular complexity index is 2800. The number of nitrogens with zero attached hydrogens (tertiary/aromatic N) is 1. The first kappa shape index (κ1) is 28.8. The highest BCUT2D eigenvalue weighted by Gasteiger charge is 2.38. The molecule has 0 bridgehead atoms. The fourth-order valence-corrected chi connectivity index (χ4v) is 8.54. The van der Waals surface area contributed by atoms with Gasteiger partial charge in [0.1, 0.15) is 0 Å². The molecular formula is C49H35N. The van der Waals surface area contributed by atoms with Crippen LogP contribution < -0.4 is 4.90 Å². The summed E-state index contributed by atoms with van der Waals surface area (Å²) in [6.07, 6.45) is 0. The summed E-state index contributed by atoms with van der Waals surface area (Å²) in [5.74, 6) is 0. The summed E-state index contributed by atoms with van der Waals surface area (Å²) in [4.78, 5) is 2.54. The van der Waals surface area contributed by atoms with Crippen LogP contribution in [0.1, 0.15) is 25.0 Å². The van der Waals surface area contributed by atoms with Crippen molar-refractivity contribution in [2.24, 2.45) is 0 Å². The molecule has 0 heterocycles. The number of hydrogen-bond donors (Lipinski definition) is 0. The Balaban J connectivity index is 1.34. The van der Waals surface area contributed by atoms with E-state index in [4.69, 9.17) is 0 Å². The largest absolute Gasteiger partial charge is 0.309 e. The Morgan fingerprint density at radius 3 is 1.70 bits per heavy atom. The Morgan fingerprint density at radius 1 is 0.360 bits per heavy atom. The molecule has 0 N–H and O–H groups in total. The Hall–Kier alpha value is -6.18. The zero-order valence-corrected chi connectivity index (χ0v) is 28.2. The third-order valence-electron chi connectivity index (χ3n) is 11.0. The van der Waals surface area contributed by atoms with E-state index in [1.165, 1.54) is 82.2 Å². The lowest BCUT2D eigenvalue weighted by Gasteiger charge is -2.31. The first-order valence-corrected chi connectivity index (χ1v) is 17.5. The van der Waals surface area contributed by atoms with E-state index in [0.717, 1.165) is 11.4 Å². The third-order valence-corrected chi connectivity index (χ3v) is 11.0. The van der Waals surface area contributed by atoms with Gasteiger partial charge in [0.2, 0.25) is 0 Å². The van der Waals surface area contributed by atoms with Gasteiger partial charge in [0.05, 0.1) is 11.4 Å². The van der Waals surface area contributed by atoms with Crippen molar-refractivity contribution in [1.29, 1.82) is 0 Å². The van der Waals surface area contributed by atoms with Crippen LogP contribution in [0.3, 0.4) is 0 Å². The minimum absolute atomic E-state index is 0.151. The van der Waals surface area contributed by atoms with Gasteiger partial charge in [0.25, 0.3) is 0 Å². The molecule has 0 unspecified atom stereocenters. The smallest absolute Gasteiger partial charge is 0.0546 e. The molecule has 1 aliphatic carbocycles. The van der Waals surface area contributed by atoms with Gasteiger partial charge in [-0.25, -0.2) is 0 Å². The summed E-state index contributed by atoms with van der Waals surface area (Å²) in [6, 6.07) is 65.1. The lowest BCUT2D eigenvalue weighted by molar-refractivity contribution is 0.661. The third kappa shape index (κ3) is 4.27. The summed E-state index contributed by atoms with van der Waals surface area (Å²) in [7, 11) is 0. The molecule has 0 fully saturated rings. The Morgan fingerprint density at radius 2 is 0.920 bits per heavy atom. The molecule has 0 amide bonds. The van der Waals surface area contributed by atoms with E-state index in [0.29, 0.717) is 0 Å². The molecule has 236 valence electrons. The van der Waals surface area contributed by atoms with E-state index in [2.05, 4.69) is 195 Å². The van der Waals surface area contributed by atoms with Crippen LogP contribution in [0.5, 0.6) is 0 Å². The van der Waals surface area contributed by atoms with Crippen LogP contribution in [0.15, 0.2) is 176 Å². The molecule has 10 rings (SSSR count). The summed E-state index contributed by atoms with van der Waals surface area (Å²) in [6.45, 7) is 4.77. The number of fused-ring (bicyclic) bond motifs is 7. The van der Waals surface area contributed by atoms with Gasteiger partial charge >= 0.3 is 0 Å². The molecule has 0 aromatic heterocycles. The second-order valence-electron chi connectivity index (χ2n) is 14.1. The van der Waals surface area contributed by atoms with Gasteiger partial charge in [-0.2, -0.15) is 0 Å². The number of rotatable bonds is 4. The molecule has 0 aliphatic heterocycles. The van der Waals surface area contributed by atoms with Crippen LogP contribution in [0, 0.1) is 0 Å². The monoisotopic (exact) mass is 637 g/mol. The molecule has 50 heavy (non-hydrogen) atoms. The zero-order chi connectivity index (χ0) is 33.4. The van der Waals surface area contributed by atoms with Gasteiger partial charge < -0.3 is 4.90 Å². The van der Waals surface area contributed by atoms with Crippen molar-refractivity contribution in [2.75, 3.05) is 4.90 Å². The van der Waals surface area contributed by atoms with Crippen LogP contribution in [-0.4, -0.2) is 0 Å². The van der Waals surface area contributed by atoms with Gasteiger partial charge in [-0.05, 0) is 102 Å². The first-order chi connectivity index (χ1) is 24.6. The predicted octanol–water partition coefficient (Wildman–Crippen LogP) is 13.7. The van der Waals surface area contributed by atoms with Crippen LogP contribution in [-0.2, 0) is 5.41 Å². The van der Waals surface area contributed by atoms with E-state index in [-0.39, 0.29) is 5.41 Å². The quantitative estimate of drug-likeness (QED) is 0.186. The van der Waals surface area contributed by atoms with Crippen LogP contribution in [0.2, 0.25) is 0 Å². The SMILES string of the molecule is CC1(C)c2cc3ccccc3cc2-c2c(N(c3ccc4ccccc4c3)c3ccc4ccccc4c3-c3cccc4ccccc34)cccc21. The van der Waals surface area contributed by atoms with E-state index in [1.54, 1.807) is 0 Å². The zero-order valence-electron chi connectivity index (χ0n) is 28.2. The molecule has 1 aliphatic rings. The maximum absolute atomic E-state index is 2.54. The molecule has 9 aromatic carbocycles. The van der Waals surface area contributed by atoms with Crippen molar-refractivity contribution in [2.45, 2.75) is 19.3 Å². The summed E-state index contributed by atoms with van der Waals surface area (Å²) < 4.78 is 0. The van der Waals surface area contributed by atoms with Gasteiger partial charge in [-0.3, -0.25) is 0 Å². The average Bonchev–Trinajstić information content (AvgIpc) is 3.39. The van der Waals surface area contributed by atoms with E-state index in [1.807, 2.05) is 0 Å². The van der Waals surface area contributed by atoms with Crippen molar-refractivity contribution < 1.29 is 0 Å². The molecule has 0 spiro atoms. The van der Waals surface area contributed by atoms with Crippen molar-refractivity contribution >= 4 is 60.2 Å². The van der Waals surface area contributed by atoms with Crippen molar-refractivity contribution in [3.8, 4) is 22.3 Å². The second kappa shape index (κ2) is 10.9. The summed E-state index contributed by atoms with van der Waals surface area (Å²) in [5, 5.41) is 9.98. The molecular weight excluding hydrogens is 603 g/mol. The van der Waals surface area contributed by atoms with Gasteiger partial charge in [0.15, 0.2) is 0 Å². The molecule has 9 aromatic rings. The predicted molar refractivity (Wildman–Crippen MR) is 214 cm³/mol. The fourth-order valence-electron chi connectivity index (χ4n) is 8.54. The van der Waals surface area contributed by atoms with E-state index < -0.39 is 0 Å². The fraction of sp³-hybridized carbons (Fsp3) is 0.0612. The minimum atomic E-state index is -0.151.